The van der Waals surface area contributed by atoms with Crippen LogP contribution in [0.4, 0.5) is 5.69 Å². The number of benzene rings is 3. The highest BCUT2D eigenvalue weighted by molar-refractivity contribution is 8.00. The van der Waals surface area contributed by atoms with Gasteiger partial charge in [-0.05, 0) is 42.3 Å². The van der Waals surface area contributed by atoms with Gasteiger partial charge >= 0.3 is 0 Å². The van der Waals surface area contributed by atoms with Crippen LogP contribution in [0.2, 0.25) is 0 Å². The number of hydrogen-bond donors (Lipinski definition) is 0. The van der Waals surface area contributed by atoms with E-state index in [0.29, 0.717) is 11.3 Å². The summed E-state index contributed by atoms with van der Waals surface area (Å²) in [7, 11) is -2.23. The number of amides is 1. The van der Waals surface area contributed by atoms with Crippen LogP contribution in [0.3, 0.4) is 0 Å². The van der Waals surface area contributed by atoms with Gasteiger partial charge in [0.25, 0.3) is 5.91 Å². The second-order valence-corrected chi connectivity index (χ2v) is 8.35. The van der Waals surface area contributed by atoms with Crippen LogP contribution in [0.15, 0.2) is 95.9 Å². The number of likely N-dealkylation sites (N-methyl/N-ethyl adjacent to an activating group) is 1. The van der Waals surface area contributed by atoms with Crippen molar-refractivity contribution in [2.45, 2.75) is 11.8 Å². The van der Waals surface area contributed by atoms with E-state index >= 15 is 0 Å². The summed E-state index contributed by atoms with van der Waals surface area (Å²) in [6.07, 6.45) is 1.19. The molecule has 3 rings (SSSR count). The fraction of sp³-hybridized carbons (Fsp3) is 0.0870. The van der Waals surface area contributed by atoms with Crippen LogP contribution < -0.4 is 4.90 Å². The lowest BCUT2D eigenvalue weighted by Gasteiger charge is -2.17. The molecule has 0 radical (unpaired) electrons. The van der Waals surface area contributed by atoms with Crippen LogP contribution in [0.25, 0.3) is 4.91 Å². The Kier molecular flexibility index (Phi) is 5.76. The maximum atomic E-state index is 13.2. The standard InChI is InChI=1S/C23H21NO3S/c1-18-10-9-13-20(16-18)24(2)23(25)17-22(19-11-5-3-6-12-19)28(26,27)21-14-7-4-8-15-21/h3-17H,1-2H3/b22-17+. The van der Waals surface area contributed by atoms with E-state index < -0.39 is 15.7 Å². The van der Waals surface area contributed by atoms with Crippen LogP contribution in [-0.4, -0.2) is 21.4 Å². The average Bonchev–Trinajstić information content (AvgIpc) is 2.72. The number of carbonyl (C=O) groups is 1. The quantitative estimate of drug-likeness (QED) is 0.603. The van der Waals surface area contributed by atoms with Crippen molar-refractivity contribution < 1.29 is 13.2 Å². The first-order valence-corrected chi connectivity index (χ1v) is 10.3. The molecule has 0 saturated carbocycles. The number of aryl methyl sites for hydroxylation is 1. The molecule has 0 spiro atoms. The molecule has 0 aromatic heterocycles. The maximum Gasteiger partial charge on any atom is 0.252 e. The Bertz CT molecular complexity index is 1100. The Hall–Kier alpha value is -3.18. The fourth-order valence-corrected chi connectivity index (χ4v) is 4.29. The summed E-state index contributed by atoms with van der Waals surface area (Å²) in [5.74, 6) is -0.413. The third-order valence-electron chi connectivity index (χ3n) is 4.38. The lowest BCUT2D eigenvalue weighted by molar-refractivity contribution is -0.113. The van der Waals surface area contributed by atoms with Crippen LogP contribution in [0.1, 0.15) is 11.1 Å². The highest BCUT2D eigenvalue weighted by Gasteiger charge is 2.24. The van der Waals surface area contributed by atoms with Gasteiger partial charge in [0.15, 0.2) is 0 Å². The van der Waals surface area contributed by atoms with E-state index in [1.54, 1.807) is 55.6 Å². The molecule has 0 bridgehead atoms. The van der Waals surface area contributed by atoms with Gasteiger partial charge in [-0.25, -0.2) is 8.42 Å². The predicted molar refractivity (Wildman–Crippen MR) is 113 cm³/mol. The Morgan fingerprint density at radius 2 is 1.46 bits per heavy atom. The van der Waals surface area contributed by atoms with E-state index in [-0.39, 0.29) is 9.80 Å². The lowest BCUT2D eigenvalue weighted by atomic mass is 10.2. The molecule has 4 nitrogen and oxygen atoms in total. The zero-order valence-corrected chi connectivity index (χ0v) is 16.6. The van der Waals surface area contributed by atoms with Crippen LogP contribution in [0, 0.1) is 6.92 Å². The fourth-order valence-electron chi connectivity index (χ4n) is 2.82. The Morgan fingerprint density at radius 1 is 0.857 bits per heavy atom. The minimum Gasteiger partial charge on any atom is -0.312 e. The molecule has 142 valence electrons. The van der Waals surface area contributed by atoms with Crippen LogP contribution >= 0.6 is 0 Å². The summed E-state index contributed by atoms with van der Waals surface area (Å²) in [4.78, 5) is 14.5. The van der Waals surface area contributed by atoms with E-state index in [1.807, 2.05) is 31.2 Å². The first-order valence-electron chi connectivity index (χ1n) is 8.81. The lowest BCUT2D eigenvalue weighted by Crippen LogP contribution is -2.25. The summed E-state index contributed by atoms with van der Waals surface area (Å²) in [5, 5.41) is 0. The number of nitrogens with zero attached hydrogens (tertiary/aromatic N) is 1. The highest BCUT2D eigenvalue weighted by atomic mass is 32.2. The maximum absolute atomic E-state index is 13.2. The minimum absolute atomic E-state index is 0.0243. The number of sulfone groups is 1. The zero-order valence-electron chi connectivity index (χ0n) is 15.7. The van der Waals surface area contributed by atoms with E-state index in [4.69, 9.17) is 0 Å². The van der Waals surface area contributed by atoms with Gasteiger partial charge in [-0.2, -0.15) is 0 Å². The van der Waals surface area contributed by atoms with Crippen molar-refractivity contribution >= 4 is 26.3 Å². The monoisotopic (exact) mass is 391 g/mol. The molecule has 1 amide bonds. The van der Waals surface area contributed by atoms with Gasteiger partial charge in [0.05, 0.1) is 9.80 Å². The first-order chi connectivity index (χ1) is 13.4. The highest BCUT2D eigenvalue weighted by Crippen LogP contribution is 2.28. The predicted octanol–water partition coefficient (Wildman–Crippen LogP) is 4.47. The molecule has 0 aliphatic rings. The molecular weight excluding hydrogens is 370 g/mol. The van der Waals surface area contributed by atoms with Crippen molar-refractivity contribution in [2.75, 3.05) is 11.9 Å². The molecule has 0 aliphatic heterocycles. The van der Waals surface area contributed by atoms with Crippen molar-refractivity contribution in [2.24, 2.45) is 0 Å². The Morgan fingerprint density at radius 3 is 2.07 bits per heavy atom. The second kappa shape index (κ2) is 8.23. The molecule has 0 N–H and O–H groups in total. The summed E-state index contributed by atoms with van der Waals surface area (Å²) in [6.45, 7) is 1.94. The molecule has 0 heterocycles. The van der Waals surface area contributed by atoms with E-state index in [0.717, 1.165) is 5.56 Å². The Balaban J connectivity index is 2.08. The van der Waals surface area contributed by atoms with Crippen LogP contribution in [0.5, 0.6) is 0 Å². The summed E-state index contributed by atoms with van der Waals surface area (Å²) in [5.41, 5.74) is 2.18. The molecule has 5 heteroatoms. The molecule has 28 heavy (non-hydrogen) atoms. The normalized spacial score (nSPS) is 11.9. The molecule has 0 atom stereocenters. The van der Waals surface area contributed by atoms with Crippen LogP contribution in [-0.2, 0) is 14.6 Å². The summed E-state index contributed by atoms with van der Waals surface area (Å²) >= 11 is 0. The van der Waals surface area contributed by atoms with Gasteiger partial charge in [0.1, 0.15) is 0 Å². The van der Waals surface area contributed by atoms with Crippen molar-refractivity contribution in [3.8, 4) is 0 Å². The minimum atomic E-state index is -3.86. The van der Waals surface area contributed by atoms with E-state index in [1.165, 1.54) is 23.1 Å². The van der Waals surface area contributed by atoms with Crippen molar-refractivity contribution in [3.05, 3.63) is 102 Å². The van der Waals surface area contributed by atoms with E-state index in [2.05, 4.69) is 0 Å². The molecule has 3 aromatic carbocycles. The number of rotatable bonds is 5. The topological polar surface area (TPSA) is 54.5 Å². The van der Waals surface area contributed by atoms with Gasteiger partial charge in [0.2, 0.25) is 9.84 Å². The number of hydrogen-bond acceptors (Lipinski definition) is 3. The third-order valence-corrected chi connectivity index (χ3v) is 6.20. The molecule has 3 aromatic rings. The van der Waals surface area contributed by atoms with Gasteiger partial charge in [0, 0.05) is 18.8 Å². The Labute approximate surface area is 165 Å². The summed E-state index contributed by atoms with van der Waals surface area (Å²) in [6, 6.07) is 24.3. The number of carbonyl (C=O) groups excluding carboxylic acids is 1. The first kappa shape index (κ1) is 19.6. The molecule has 0 aliphatic carbocycles. The number of anilines is 1. The SMILES string of the molecule is Cc1cccc(N(C)C(=O)/C=C(\c2ccccc2)S(=O)(=O)c2ccccc2)c1. The van der Waals surface area contributed by atoms with E-state index in [9.17, 15) is 13.2 Å². The largest absolute Gasteiger partial charge is 0.312 e. The third kappa shape index (κ3) is 4.21. The van der Waals surface area contributed by atoms with Crippen molar-refractivity contribution in [1.29, 1.82) is 0 Å². The zero-order chi connectivity index (χ0) is 20.1. The van der Waals surface area contributed by atoms with Crippen molar-refractivity contribution in [3.63, 3.8) is 0 Å². The summed E-state index contributed by atoms with van der Waals surface area (Å²) < 4.78 is 26.5. The molecular formula is C23H21NO3S. The van der Waals surface area contributed by atoms with Gasteiger partial charge < -0.3 is 4.90 Å². The molecule has 0 fully saturated rings. The second-order valence-electron chi connectivity index (χ2n) is 6.43. The van der Waals surface area contributed by atoms with Crippen molar-refractivity contribution in [1.82, 2.24) is 0 Å². The van der Waals surface area contributed by atoms with Gasteiger partial charge in [-0.1, -0.05) is 60.7 Å². The molecule has 0 saturated heterocycles. The van der Waals surface area contributed by atoms with Gasteiger partial charge in [-0.3, -0.25) is 4.79 Å². The molecule has 0 unspecified atom stereocenters. The smallest absolute Gasteiger partial charge is 0.252 e. The average molecular weight is 391 g/mol. The van der Waals surface area contributed by atoms with Gasteiger partial charge in [-0.15, -0.1) is 0 Å².